The van der Waals surface area contributed by atoms with Crippen LogP contribution in [0.15, 0.2) is 41.0 Å². The van der Waals surface area contributed by atoms with Crippen LogP contribution in [-0.4, -0.2) is 53.2 Å². The third kappa shape index (κ3) is 4.26. The molecule has 1 amide bonds. The molecular formula is C21H26N4O3. The number of imidazole rings is 1. The number of nitrogens with one attached hydrogen (secondary N) is 1. The highest BCUT2D eigenvalue weighted by Gasteiger charge is 2.15. The summed E-state index contributed by atoms with van der Waals surface area (Å²) in [5, 5.41) is 2.97. The molecule has 1 aliphatic heterocycles. The Morgan fingerprint density at radius 2 is 2.07 bits per heavy atom. The number of nitrogens with zero attached hydrogens (tertiary/aromatic N) is 3. The number of carbonyl (C=O) groups excluding carboxylic acids is 1. The van der Waals surface area contributed by atoms with Gasteiger partial charge >= 0.3 is 0 Å². The molecule has 0 radical (unpaired) electrons. The van der Waals surface area contributed by atoms with Crippen molar-refractivity contribution < 1.29 is 13.9 Å². The third-order valence-corrected chi connectivity index (χ3v) is 5.14. The first-order valence-electron chi connectivity index (χ1n) is 9.77. The number of furan rings is 1. The quantitative estimate of drug-likeness (QED) is 0.635. The van der Waals surface area contributed by atoms with E-state index in [2.05, 4.69) is 25.8 Å². The van der Waals surface area contributed by atoms with Crippen molar-refractivity contribution in [3.8, 4) is 0 Å². The van der Waals surface area contributed by atoms with Gasteiger partial charge in [0, 0.05) is 33.1 Å². The second-order valence-electron chi connectivity index (χ2n) is 7.13. The van der Waals surface area contributed by atoms with E-state index < -0.39 is 0 Å². The van der Waals surface area contributed by atoms with Gasteiger partial charge < -0.3 is 19.0 Å². The number of hydrogen-bond donors (Lipinski definition) is 1. The first-order chi connectivity index (χ1) is 13.7. The van der Waals surface area contributed by atoms with Crippen molar-refractivity contribution in [3.63, 3.8) is 0 Å². The van der Waals surface area contributed by atoms with Crippen molar-refractivity contribution in [1.29, 1.82) is 0 Å². The smallest absolute Gasteiger partial charge is 0.254 e. The molecule has 1 fully saturated rings. The molecule has 3 heterocycles. The van der Waals surface area contributed by atoms with Crippen molar-refractivity contribution in [2.45, 2.75) is 19.4 Å². The number of aryl methyl sites for hydroxylation is 2. The number of rotatable bonds is 7. The number of morpholine rings is 1. The fourth-order valence-electron chi connectivity index (χ4n) is 3.53. The summed E-state index contributed by atoms with van der Waals surface area (Å²) < 4.78 is 13.0. The standard InChI is InChI=1S/C21H26N4O3/c1-24-19-6-3-2-5-18(19)23-20(24)7-4-8-22-21(26)16-13-17(28-15-16)14-25-9-11-27-12-10-25/h2-3,5-6,13,15H,4,7-12,14H2,1H3,(H,22,26). The van der Waals surface area contributed by atoms with E-state index in [9.17, 15) is 4.79 Å². The average Bonchev–Trinajstić information content (AvgIpc) is 3.31. The zero-order valence-corrected chi connectivity index (χ0v) is 16.2. The van der Waals surface area contributed by atoms with Gasteiger partial charge in [-0.05, 0) is 24.6 Å². The van der Waals surface area contributed by atoms with Crippen LogP contribution in [0.3, 0.4) is 0 Å². The Balaban J connectivity index is 1.24. The molecule has 2 aromatic heterocycles. The number of benzene rings is 1. The molecule has 7 nitrogen and oxygen atoms in total. The Bertz CT molecular complexity index is 940. The maximum absolute atomic E-state index is 12.3. The van der Waals surface area contributed by atoms with Crippen molar-refractivity contribution in [3.05, 3.63) is 53.7 Å². The van der Waals surface area contributed by atoms with Crippen LogP contribution in [0.5, 0.6) is 0 Å². The molecule has 1 saturated heterocycles. The lowest BCUT2D eigenvalue weighted by Crippen LogP contribution is -2.35. The van der Waals surface area contributed by atoms with Crippen molar-refractivity contribution in [1.82, 2.24) is 19.8 Å². The second-order valence-corrected chi connectivity index (χ2v) is 7.13. The number of aromatic nitrogens is 2. The minimum Gasteiger partial charge on any atom is -0.467 e. The number of amides is 1. The molecular weight excluding hydrogens is 356 g/mol. The maximum atomic E-state index is 12.3. The molecule has 0 aliphatic carbocycles. The van der Waals surface area contributed by atoms with E-state index in [1.807, 2.05) is 31.3 Å². The van der Waals surface area contributed by atoms with Crippen LogP contribution in [0, 0.1) is 0 Å². The van der Waals surface area contributed by atoms with Gasteiger partial charge in [0.1, 0.15) is 17.8 Å². The van der Waals surface area contributed by atoms with Crippen LogP contribution >= 0.6 is 0 Å². The van der Waals surface area contributed by atoms with Crippen LogP contribution in [0.25, 0.3) is 11.0 Å². The summed E-state index contributed by atoms with van der Waals surface area (Å²) in [5.41, 5.74) is 2.72. The molecule has 1 aliphatic rings. The number of carbonyl (C=O) groups is 1. The zero-order chi connectivity index (χ0) is 19.3. The summed E-state index contributed by atoms with van der Waals surface area (Å²) in [6.45, 7) is 4.60. The fraction of sp³-hybridized carbons (Fsp3) is 0.429. The second kappa shape index (κ2) is 8.58. The summed E-state index contributed by atoms with van der Waals surface area (Å²) in [4.78, 5) is 19.3. The van der Waals surface area contributed by atoms with Gasteiger partial charge in [-0.15, -0.1) is 0 Å². The molecule has 4 rings (SSSR count). The van der Waals surface area contributed by atoms with Gasteiger partial charge in [0.2, 0.25) is 0 Å². The van der Waals surface area contributed by atoms with Gasteiger partial charge in [0.25, 0.3) is 5.91 Å². The molecule has 148 valence electrons. The average molecular weight is 382 g/mol. The normalized spacial score (nSPS) is 15.2. The summed E-state index contributed by atoms with van der Waals surface area (Å²) in [6, 6.07) is 9.94. The number of fused-ring (bicyclic) bond motifs is 1. The van der Waals surface area contributed by atoms with Gasteiger partial charge in [-0.3, -0.25) is 9.69 Å². The highest BCUT2D eigenvalue weighted by molar-refractivity contribution is 5.93. The zero-order valence-electron chi connectivity index (χ0n) is 16.2. The molecule has 1 aromatic carbocycles. The molecule has 0 unspecified atom stereocenters. The molecule has 28 heavy (non-hydrogen) atoms. The molecule has 0 bridgehead atoms. The minimum atomic E-state index is -0.0954. The Hall–Kier alpha value is -2.64. The van der Waals surface area contributed by atoms with Crippen molar-refractivity contribution in [2.75, 3.05) is 32.8 Å². The molecule has 0 spiro atoms. The van der Waals surface area contributed by atoms with E-state index in [0.29, 0.717) is 18.7 Å². The van der Waals surface area contributed by atoms with Gasteiger partial charge in [0.05, 0.1) is 36.4 Å². The predicted molar refractivity (Wildman–Crippen MR) is 106 cm³/mol. The first kappa shape index (κ1) is 18.7. The van der Waals surface area contributed by atoms with Gasteiger partial charge in [-0.25, -0.2) is 4.98 Å². The van der Waals surface area contributed by atoms with Crippen LogP contribution in [-0.2, 0) is 24.8 Å². The highest BCUT2D eigenvalue weighted by Crippen LogP contribution is 2.15. The largest absolute Gasteiger partial charge is 0.467 e. The molecule has 1 N–H and O–H groups in total. The van der Waals surface area contributed by atoms with E-state index in [1.54, 1.807) is 0 Å². The van der Waals surface area contributed by atoms with E-state index >= 15 is 0 Å². The van der Waals surface area contributed by atoms with Crippen LogP contribution < -0.4 is 5.32 Å². The lowest BCUT2D eigenvalue weighted by atomic mass is 10.2. The number of para-hydroxylation sites is 2. The van der Waals surface area contributed by atoms with Crippen molar-refractivity contribution >= 4 is 16.9 Å². The molecule has 7 heteroatoms. The Labute approximate surface area is 164 Å². The molecule has 0 saturated carbocycles. The number of ether oxygens (including phenoxy) is 1. The fourth-order valence-corrected chi connectivity index (χ4v) is 3.53. The summed E-state index contributed by atoms with van der Waals surface area (Å²) >= 11 is 0. The SMILES string of the molecule is Cn1c(CCCNC(=O)c2coc(CN3CCOCC3)c2)nc2ccccc21. The predicted octanol–water partition coefficient (Wildman–Crippen LogP) is 2.36. The molecule has 3 aromatic rings. The van der Waals surface area contributed by atoms with Crippen LogP contribution in [0.1, 0.15) is 28.4 Å². The number of hydrogen-bond acceptors (Lipinski definition) is 5. The summed E-state index contributed by atoms with van der Waals surface area (Å²) in [5.74, 6) is 1.75. The highest BCUT2D eigenvalue weighted by atomic mass is 16.5. The Morgan fingerprint density at radius 1 is 1.25 bits per heavy atom. The maximum Gasteiger partial charge on any atom is 0.254 e. The van der Waals surface area contributed by atoms with E-state index in [1.165, 1.54) is 6.26 Å². The Morgan fingerprint density at radius 3 is 2.89 bits per heavy atom. The molecule has 0 atom stereocenters. The van der Waals surface area contributed by atoms with E-state index in [-0.39, 0.29) is 5.91 Å². The van der Waals surface area contributed by atoms with Crippen LogP contribution in [0.4, 0.5) is 0 Å². The van der Waals surface area contributed by atoms with E-state index in [4.69, 9.17) is 9.15 Å². The summed E-state index contributed by atoms with van der Waals surface area (Å²) in [6.07, 6.45) is 3.19. The van der Waals surface area contributed by atoms with Crippen LogP contribution in [0.2, 0.25) is 0 Å². The van der Waals surface area contributed by atoms with Gasteiger partial charge in [-0.2, -0.15) is 0 Å². The first-order valence-corrected chi connectivity index (χ1v) is 9.77. The lowest BCUT2D eigenvalue weighted by molar-refractivity contribution is 0.0313. The Kier molecular flexibility index (Phi) is 5.73. The van der Waals surface area contributed by atoms with E-state index in [0.717, 1.165) is 61.8 Å². The monoisotopic (exact) mass is 382 g/mol. The van der Waals surface area contributed by atoms with Gasteiger partial charge in [-0.1, -0.05) is 12.1 Å². The lowest BCUT2D eigenvalue weighted by Gasteiger charge is -2.25. The summed E-state index contributed by atoms with van der Waals surface area (Å²) in [7, 11) is 2.03. The van der Waals surface area contributed by atoms with Crippen molar-refractivity contribution in [2.24, 2.45) is 7.05 Å². The topological polar surface area (TPSA) is 72.5 Å². The minimum absolute atomic E-state index is 0.0954. The van der Waals surface area contributed by atoms with Gasteiger partial charge in [0.15, 0.2) is 0 Å². The third-order valence-electron chi connectivity index (χ3n) is 5.14.